The van der Waals surface area contributed by atoms with E-state index in [2.05, 4.69) is 32.9 Å². The number of hydrogen-bond acceptors (Lipinski definition) is 5. The first-order valence-electron chi connectivity index (χ1n) is 15.3. The second kappa shape index (κ2) is 13.2. The summed E-state index contributed by atoms with van der Waals surface area (Å²) < 4.78 is 6.81. The van der Waals surface area contributed by atoms with Gasteiger partial charge in [-0.3, -0.25) is 0 Å². The first-order chi connectivity index (χ1) is 20.2. The molecule has 2 fully saturated rings. The van der Waals surface area contributed by atoms with Gasteiger partial charge in [0.15, 0.2) is 0 Å². The molecule has 1 aromatic rings. The molecule has 43 heavy (non-hydrogen) atoms. The van der Waals surface area contributed by atoms with Gasteiger partial charge in [-0.2, -0.15) is 0 Å². The predicted molar refractivity (Wildman–Crippen MR) is 170 cm³/mol. The fourth-order valence-corrected chi connectivity index (χ4v) is 7.79. The molecule has 0 radical (unpaired) electrons. The van der Waals surface area contributed by atoms with Crippen molar-refractivity contribution in [2.75, 3.05) is 0 Å². The van der Waals surface area contributed by atoms with Crippen LogP contribution in [-0.4, -0.2) is 44.2 Å². The van der Waals surface area contributed by atoms with E-state index >= 15 is 0 Å². The van der Waals surface area contributed by atoms with Crippen LogP contribution in [0.5, 0.6) is 5.75 Å². The molecule has 1 heterocycles. The van der Waals surface area contributed by atoms with E-state index in [4.69, 9.17) is 9.84 Å². The zero-order valence-corrected chi connectivity index (χ0v) is 26.2. The van der Waals surface area contributed by atoms with Crippen molar-refractivity contribution in [2.45, 2.75) is 78.3 Å². The zero-order valence-electron chi connectivity index (χ0n) is 26.2. The summed E-state index contributed by atoms with van der Waals surface area (Å²) in [5.74, 6) is -0.124. The van der Waals surface area contributed by atoms with Crippen molar-refractivity contribution in [2.24, 2.45) is 35.0 Å². The van der Waals surface area contributed by atoms with Crippen LogP contribution in [0.3, 0.4) is 0 Å². The molecular weight excluding hydrogens is 540 g/mol. The van der Waals surface area contributed by atoms with Crippen molar-refractivity contribution < 1.29 is 30.0 Å². The van der Waals surface area contributed by atoms with Crippen molar-refractivity contribution in [3.05, 3.63) is 102 Å². The van der Waals surface area contributed by atoms with E-state index in [9.17, 15) is 20.1 Å². The Morgan fingerprint density at radius 1 is 1.09 bits per heavy atom. The van der Waals surface area contributed by atoms with E-state index in [1.165, 1.54) is 11.6 Å². The second-order valence-electron chi connectivity index (χ2n) is 13.6. The highest BCUT2D eigenvalue weighted by Gasteiger charge is 2.63. The molecule has 0 bridgehead atoms. The molecule has 4 rings (SSSR count). The molecule has 9 atom stereocenters. The lowest BCUT2D eigenvalue weighted by atomic mass is 9.59. The highest BCUT2D eigenvalue weighted by atomic mass is 16.5. The minimum absolute atomic E-state index is 0.0545. The number of phenolic OH excluding ortho intramolecular Hbond substituents is 1. The molecule has 6 heteroatoms. The maximum Gasteiger partial charge on any atom is 0.328 e. The summed E-state index contributed by atoms with van der Waals surface area (Å²) in [5.41, 5.74) is 2.29. The van der Waals surface area contributed by atoms with Crippen molar-refractivity contribution in [1.29, 1.82) is 0 Å². The smallest absolute Gasteiger partial charge is 0.328 e. The van der Waals surface area contributed by atoms with Crippen LogP contribution in [-0.2, 0) is 9.53 Å². The lowest BCUT2D eigenvalue weighted by Crippen LogP contribution is -2.42. The van der Waals surface area contributed by atoms with Crippen LogP contribution in [0.2, 0.25) is 0 Å². The molecule has 232 valence electrons. The van der Waals surface area contributed by atoms with Crippen molar-refractivity contribution >= 4 is 5.97 Å². The number of allylic oxidation sites excluding steroid dienone is 6. The number of aliphatic hydroxyl groups is 2. The molecule has 1 aliphatic heterocycles. The van der Waals surface area contributed by atoms with Gasteiger partial charge in [0, 0.05) is 29.7 Å². The predicted octanol–water partition coefficient (Wildman–Crippen LogP) is 7.08. The minimum Gasteiger partial charge on any atom is -0.508 e. The molecule has 1 saturated carbocycles. The Kier molecular flexibility index (Phi) is 10.1. The van der Waals surface area contributed by atoms with Gasteiger partial charge in [0.1, 0.15) is 5.75 Å². The number of hydrogen-bond donors (Lipinski definition) is 4. The second-order valence-corrected chi connectivity index (χ2v) is 13.6. The van der Waals surface area contributed by atoms with Crippen LogP contribution in [0.15, 0.2) is 96.2 Å². The Morgan fingerprint density at radius 2 is 1.77 bits per heavy atom. The lowest BCUT2D eigenvalue weighted by Gasteiger charge is -2.44. The fraction of sp³-hybridized carbons (Fsp3) is 0.486. The number of fused-ring (bicyclic) bond motifs is 3. The Bertz CT molecular complexity index is 1330. The van der Waals surface area contributed by atoms with Gasteiger partial charge in [0.2, 0.25) is 0 Å². The minimum atomic E-state index is -0.993. The lowest BCUT2D eigenvalue weighted by molar-refractivity contribution is -0.131. The Labute approximate surface area is 256 Å². The molecule has 0 spiro atoms. The van der Waals surface area contributed by atoms with Gasteiger partial charge in [0.05, 0.1) is 23.9 Å². The largest absolute Gasteiger partial charge is 0.508 e. The Balaban J connectivity index is 1.47. The van der Waals surface area contributed by atoms with Gasteiger partial charge < -0.3 is 25.2 Å². The Morgan fingerprint density at radius 3 is 2.44 bits per heavy atom. The molecule has 9 unspecified atom stereocenters. The van der Waals surface area contributed by atoms with Crippen molar-refractivity contribution in [1.82, 2.24) is 0 Å². The molecular formula is C37H48O6. The van der Waals surface area contributed by atoms with Crippen LogP contribution in [0.25, 0.3) is 0 Å². The number of carbonyl (C=O) groups is 1. The summed E-state index contributed by atoms with van der Waals surface area (Å²) in [6.07, 6.45) is 19.0. The van der Waals surface area contributed by atoms with Crippen molar-refractivity contribution in [3.8, 4) is 5.75 Å². The number of benzene rings is 1. The third kappa shape index (κ3) is 7.49. The summed E-state index contributed by atoms with van der Waals surface area (Å²) in [4.78, 5) is 10.7. The molecule has 1 saturated heterocycles. The van der Waals surface area contributed by atoms with Crippen LogP contribution < -0.4 is 0 Å². The van der Waals surface area contributed by atoms with E-state index in [0.717, 1.165) is 23.6 Å². The first-order valence-corrected chi connectivity index (χ1v) is 15.3. The maximum atomic E-state index is 11.4. The van der Waals surface area contributed by atoms with Gasteiger partial charge in [-0.05, 0) is 62.6 Å². The van der Waals surface area contributed by atoms with Gasteiger partial charge in [0.25, 0.3) is 0 Å². The van der Waals surface area contributed by atoms with Crippen LogP contribution >= 0.6 is 0 Å². The summed E-state index contributed by atoms with van der Waals surface area (Å²) in [7, 11) is 0. The maximum absolute atomic E-state index is 11.4. The third-order valence-electron chi connectivity index (χ3n) is 9.67. The van der Waals surface area contributed by atoms with Crippen molar-refractivity contribution in [3.63, 3.8) is 0 Å². The topological polar surface area (TPSA) is 107 Å². The zero-order chi connectivity index (χ0) is 31.5. The van der Waals surface area contributed by atoms with E-state index < -0.39 is 17.7 Å². The molecule has 4 N–H and O–H groups in total. The van der Waals surface area contributed by atoms with Gasteiger partial charge >= 0.3 is 5.97 Å². The number of carboxylic acids is 1. The number of carboxylic acid groups (broad SMARTS) is 1. The van der Waals surface area contributed by atoms with E-state index in [0.29, 0.717) is 6.42 Å². The number of ether oxygens (including phenoxy) is 1. The fourth-order valence-electron chi connectivity index (χ4n) is 7.79. The molecule has 6 nitrogen and oxygen atoms in total. The number of aliphatic hydroxyl groups excluding tert-OH is 1. The molecule has 3 aliphatic rings. The summed E-state index contributed by atoms with van der Waals surface area (Å²) in [6.45, 7) is 12.5. The van der Waals surface area contributed by atoms with Gasteiger partial charge in [-0.1, -0.05) is 98.7 Å². The van der Waals surface area contributed by atoms with E-state index in [1.54, 1.807) is 12.1 Å². The first kappa shape index (κ1) is 32.7. The molecule has 0 amide bonds. The van der Waals surface area contributed by atoms with Crippen LogP contribution in [0, 0.1) is 35.0 Å². The summed E-state index contributed by atoms with van der Waals surface area (Å²) in [6, 6.07) is 7.35. The monoisotopic (exact) mass is 588 g/mol. The molecule has 0 aromatic heterocycles. The number of aromatic hydroxyl groups is 1. The van der Waals surface area contributed by atoms with Gasteiger partial charge in [-0.25, -0.2) is 4.79 Å². The molecule has 2 aliphatic carbocycles. The van der Waals surface area contributed by atoms with E-state index in [-0.39, 0.29) is 53.0 Å². The summed E-state index contributed by atoms with van der Waals surface area (Å²) in [5, 5.41) is 40.6. The number of phenols is 1. The highest BCUT2D eigenvalue weighted by molar-refractivity contribution is 5.80. The standard InChI is InChI=1S/C37H48O6/c1-23(14-20-31(40)41)13-19-29(39)24(2)11-9-7-8-10-12-30-32-25(3)21-28-34(36(4,5)22-37(28,6)42)33(32)35(43-30)26-15-17-27(38)18-16-26/h7-18,20-21,24,28-30,32-35,38-39,42H,19,22H2,1-6H3,(H,40,41). The van der Waals surface area contributed by atoms with Gasteiger partial charge in [-0.15, -0.1) is 0 Å². The number of aliphatic carboxylic acids is 1. The average molecular weight is 589 g/mol. The SMILES string of the molecule is CC(C=CC(=O)O)=CCC(O)C(C)C=CC=CC=CC1OC(c2ccc(O)cc2)C2C1C(C)=CC1C2C(C)(C)CC1(C)O. The average Bonchev–Trinajstić information content (AvgIpc) is 3.39. The van der Waals surface area contributed by atoms with Crippen LogP contribution in [0.1, 0.15) is 66.1 Å². The van der Waals surface area contributed by atoms with E-state index in [1.807, 2.05) is 69.4 Å². The highest BCUT2D eigenvalue weighted by Crippen LogP contribution is 2.65. The third-order valence-corrected chi connectivity index (χ3v) is 9.67. The normalized spacial score (nSPS) is 33.8. The number of rotatable bonds is 10. The quantitative estimate of drug-likeness (QED) is 0.132. The Hall–Kier alpha value is -3.19. The summed E-state index contributed by atoms with van der Waals surface area (Å²) >= 11 is 0. The van der Waals surface area contributed by atoms with Crippen LogP contribution in [0.4, 0.5) is 0 Å². The molecule has 1 aromatic carbocycles.